The lowest BCUT2D eigenvalue weighted by Gasteiger charge is -2.63. The van der Waals surface area contributed by atoms with Crippen LogP contribution >= 0.6 is 0 Å². The minimum atomic E-state index is -0.464. The Kier molecular flexibility index (Phi) is 25.0. The Bertz CT molecular complexity index is 3820. The van der Waals surface area contributed by atoms with Crippen molar-refractivity contribution in [3.05, 3.63) is 147 Å². The normalized spacial score (nSPS) is 40.1. The van der Waals surface area contributed by atoms with E-state index in [0.717, 1.165) is 165 Å². The summed E-state index contributed by atoms with van der Waals surface area (Å²) in [5.41, 5.74) is 6.20. The van der Waals surface area contributed by atoms with Crippen LogP contribution in [0, 0.1) is 96.6 Å². The maximum absolute atomic E-state index is 10.5. The number of aromatic nitrogens is 4. The van der Waals surface area contributed by atoms with E-state index < -0.39 is 17.3 Å². The fourth-order valence-corrected chi connectivity index (χ4v) is 25.9. The first kappa shape index (κ1) is 82.9. The molecule has 1 spiro atoms. The summed E-state index contributed by atoms with van der Waals surface area (Å²) in [6, 6.07) is 15.3. The van der Waals surface area contributed by atoms with Gasteiger partial charge in [0.15, 0.2) is 17.9 Å². The van der Waals surface area contributed by atoms with Crippen LogP contribution in [0.5, 0.6) is 23.0 Å². The summed E-state index contributed by atoms with van der Waals surface area (Å²) in [5.74, 6) is 7.44. The molecule has 10 aliphatic carbocycles. The highest BCUT2D eigenvalue weighted by atomic mass is 16.7. The van der Waals surface area contributed by atoms with Crippen molar-refractivity contribution in [3.8, 4) is 23.0 Å². The Balaban J connectivity index is 0.000000124. The second-order valence-corrected chi connectivity index (χ2v) is 39.3. The second-order valence-electron chi connectivity index (χ2n) is 39.3. The molecule has 4 unspecified atom stereocenters. The van der Waals surface area contributed by atoms with Gasteiger partial charge in [-0.15, -0.1) is 0 Å². The van der Waals surface area contributed by atoms with Crippen LogP contribution in [0.4, 0.5) is 0 Å². The number of rotatable bonds is 18. The van der Waals surface area contributed by atoms with E-state index in [-0.39, 0.29) is 62.7 Å². The van der Waals surface area contributed by atoms with Crippen LogP contribution in [-0.2, 0) is 28.4 Å². The van der Waals surface area contributed by atoms with Crippen molar-refractivity contribution in [2.24, 2.45) is 96.6 Å². The lowest BCUT2D eigenvalue weighted by molar-refractivity contribution is -0.355. The zero-order valence-corrected chi connectivity index (χ0v) is 70.0. The third kappa shape index (κ3) is 16.6. The number of hydrogen-bond acceptors (Lipinski definition) is 16. The Morgan fingerprint density at radius 1 is 0.393 bits per heavy atom. The molecule has 614 valence electrons. The highest BCUT2D eigenvalue weighted by molar-refractivity contribution is 5.26. The molecule has 3 aliphatic heterocycles. The molecular formula is C96H138N4O12. The van der Waals surface area contributed by atoms with E-state index in [2.05, 4.69) is 102 Å². The molecule has 17 rings (SSSR count). The molecule has 21 atom stereocenters. The molecule has 4 aromatic rings. The van der Waals surface area contributed by atoms with Gasteiger partial charge in [0.25, 0.3) is 0 Å². The first-order valence-electron chi connectivity index (χ1n) is 43.6. The highest BCUT2D eigenvalue weighted by Crippen LogP contribution is 2.68. The van der Waals surface area contributed by atoms with E-state index in [0.29, 0.717) is 72.1 Å². The molecule has 0 aromatic carbocycles. The van der Waals surface area contributed by atoms with E-state index in [4.69, 9.17) is 47.4 Å². The molecule has 4 aromatic heterocycles. The van der Waals surface area contributed by atoms with Gasteiger partial charge in [-0.2, -0.15) is 0 Å². The minimum Gasteiger partial charge on any atom is -0.493 e. The van der Waals surface area contributed by atoms with Gasteiger partial charge in [-0.1, -0.05) is 104 Å². The van der Waals surface area contributed by atoms with Gasteiger partial charge < -0.3 is 57.6 Å². The molecule has 0 bridgehead atoms. The molecular weight excluding hydrogens is 1400 g/mol. The number of fused-ring (bicyclic) bond motifs is 10. The summed E-state index contributed by atoms with van der Waals surface area (Å²) in [6.07, 6.45) is 43.6. The SMILES string of the molecule is C=C1CCC2[C@](C)(CO)[C@H](O)CC[C@@]2(C)[C@@H]1CCOc1ccncc1.C=C1CCC2[C@]3(C)COC(C)(C)O[C@@H]3CC[C@@]2(C)[C@@H]1CCOc1ccncc1.C=C1CCC2[C@]3(C)COC4(CCCC4)O[C@@H]3CC[C@@]2(C)[C@@H]1CCOc1ccncc1.C=C1CCC2[C@]3(C)CO[C@@H](C4CC4)O[C@@H]3CC[C@@]2(C)[C@@H]1CCOc1ccncc1. The highest BCUT2D eigenvalue weighted by Gasteiger charge is 2.66. The smallest absolute Gasteiger partial charge is 0.168 e. The van der Waals surface area contributed by atoms with Crippen molar-refractivity contribution >= 4 is 0 Å². The number of aliphatic hydroxyl groups excluding tert-OH is 2. The standard InChI is InChI=1S/C26H37NO3.C25H35NO3.C24H35NO3.C21H31NO3/c1-19-6-7-22-24(2,21(19)11-17-28-20-9-15-27-16-10-20)14-8-23-25(22,3)18-29-26(30-23)12-4-5-13-26;1-17-4-7-21-24(2,20(17)11-15-27-19-9-13-26-14-10-19)12-8-22-25(21,3)16-28-23(29-22)18-5-6-18;1-17-6-7-20-23(4,19(17)11-15-26-18-9-13-25-14-10-18)12-8-21-24(20,5)16-27-22(2,3)28-21;1-15-4-5-18-20(2,10-6-19(24)21(18,3)14-23)17(15)9-13-25-16-7-11-22-12-8-16/h9-10,15-16,21-23H,1,4-8,11-14,17-18H2,2-3H3;9-10,13-14,18,20-23H,1,4-8,11-12,15-16H2,2-3H3;9-10,13-14,19-21H,1,6-8,11-12,15-16H2,2-5H3;7-8,11-12,17-19,23-24H,1,4-6,9-10,13-14H2,2-3H3/t21-,22?,23-,24+,25+;20-,21?,22-,23-,24+,25+;19-,20?,21-,23+,24+;17-,18?,19-,20+,21+/m1111/s1. The molecule has 112 heavy (non-hydrogen) atoms. The van der Waals surface area contributed by atoms with Crippen molar-refractivity contribution < 1.29 is 57.6 Å². The number of hydrogen-bond donors (Lipinski definition) is 2. The van der Waals surface area contributed by atoms with E-state index in [1.165, 1.54) is 86.5 Å². The van der Waals surface area contributed by atoms with Gasteiger partial charge in [0.2, 0.25) is 0 Å². The Morgan fingerprint density at radius 2 is 0.732 bits per heavy atom. The minimum absolute atomic E-state index is 0.0428. The number of pyridine rings is 4. The first-order chi connectivity index (χ1) is 53.6. The van der Waals surface area contributed by atoms with E-state index in [9.17, 15) is 10.2 Å². The number of aliphatic hydroxyl groups is 2. The van der Waals surface area contributed by atoms with Crippen LogP contribution in [0.3, 0.4) is 0 Å². The van der Waals surface area contributed by atoms with Gasteiger partial charge in [-0.25, -0.2) is 0 Å². The fourth-order valence-electron chi connectivity index (χ4n) is 25.9. The van der Waals surface area contributed by atoms with Gasteiger partial charge in [0.1, 0.15) is 23.0 Å². The van der Waals surface area contributed by atoms with Gasteiger partial charge in [0.05, 0.1) is 77.3 Å². The monoisotopic (exact) mass is 1540 g/mol. The van der Waals surface area contributed by atoms with Gasteiger partial charge in [0, 0.05) is 90.0 Å². The average Bonchev–Trinajstić information content (AvgIpc) is 1.15. The Morgan fingerprint density at radius 3 is 1.12 bits per heavy atom. The molecule has 2 N–H and O–H groups in total. The number of nitrogens with zero attached hydrogens (tertiary/aromatic N) is 4. The Labute approximate surface area is 671 Å². The van der Waals surface area contributed by atoms with Gasteiger partial charge >= 0.3 is 0 Å². The van der Waals surface area contributed by atoms with E-state index in [1.807, 2.05) is 62.4 Å². The van der Waals surface area contributed by atoms with Crippen molar-refractivity contribution in [1.82, 2.24) is 19.9 Å². The van der Waals surface area contributed by atoms with Crippen molar-refractivity contribution in [2.45, 2.75) is 278 Å². The van der Waals surface area contributed by atoms with Gasteiger partial charge in [-0.3, -0.25) is 19.9 Å². The van der Waals surface area contributed by atoms with Crippen LogP contribution in [-0.4, -0.2) is 125 Å². The number of allylic oxidation sites excluding steroid dienone is 4. The van der Waals surface area contributed by atoms with Crippen LogP contribution < -0.4 is 18.9 Å². The molecule has 7 heterocycles. The summed E-state index contributed by atoms with van der Waals surface area (Å²) in [7, 11) is 0. The molecule has 0 amide bonds. The van der Waals surface area contributed by atoms with Gasteiger partial charge in [-0.05, 0) is 285 Å². The lowest BCUT2D eigenvalue weighted by atomic mass is 9.46. The first-order valence-corrected chi connectivity index (χ1v) is 43.6. The topological polar surface area (TPSA) is 184 Å². The van der Waals surface area contributed by atoms with E-state index >= 15 is 0 Å². The predicted molar refractivity (Wildman–Crippen MR) is 438 cm³/mol. The number of ether oxygens (including phenoxy) is 10. The summed E-state index contributed by atoms with van der Waals surface area (Å²) < 4.78 is 62.7. The third-order valence-corrected chi connectivity index (χ3v) is 32.3. The van der Waals surface area contributed by atoms with Crippen molar-refractivity contribution in [3.63, 3.8) is 0 Å². The van der Waals surface area contributed by atoms with Crippen LogP contribution in [0.15, 0.2) is 147 Å². The maximum atomic E-state index is 10.5. The quantitative estimate of drug-likeness (QED) is 0.0896. The summed E-state index contributed by atoms with van der Waals surface area (Å²) in [4.78, 5) is 16.2. The second kappa shape index (κ2) is 33.8. The maximum Gasteiger partial charge on any atom is 0.168 e. The molecule has 13 fully saturated rings. The molecule has 3 saturated heterocycles. The fraction of sp³-hybridized carbons (Fsp3) is 0.708. The molecule has 10 saturated carbocycles. The molecule has 16 heteroatoms. The summed E-state index contributed by atoms with van der Waals surface area (Å²) in [6.45, 7) is 46.5. The molecule has 13 aliphatic rings. The van der Waals surface area contributed by atoms with Crippen molar-refractivity contribution in [2.75, 3.05) is 52.9 Å². The summed E-state index contributed by atoms with van der Waals surface area (Å²) in [5, 5.41) is 20.6. The zero-order valence-electron chi connectivity index (χ0n) is 70.0. The van der Waals surface area contributed by atoms with E-state index in [1.54, 1.807) is 49.6 Å². The average molecular weight is 1540 g/mol. The molecule has 16 nitrogen and oxygen atoms in total. The van der Waals surface area contributed by atoms with Crippen LogP contribution in [0.25, 0.3) is 0 Å². The Hall–Kier alpha value is -5.56. The van der Waals surface area contributed by atoms with Crippen LogP contribution in [0.1, 0.15) is 236 Å². The zero-order chi connectivity index (χ0) is 79.0. The summed E-state index contributed by atoms with van der Waals surface area (Å²) >= 11 is 0. The largest absolute Gasteiger partial charge is 0.493 e. The van der Waals surface area contributed by atoms with Crippen molar-refractivity contribution in [1.29, 1.82) is 0 Å². The van der Waals surface area contributed by atoms with Crippen LogP contribution in [0.2, 0.25) is 0 Å². The lowest BCUT2D eigenvalue weighted by Crippen LogP contribution is -2.63. The predicted octanol–water partition coefficient (Wildman–Crippen LogP) is 20.3. The molecule has 0 radical (unpaired) electrons. The third-order valence-electron chi connectivity index (χ3n) is 32.3.